The minimum atomic E-state index is -3.70. The van der Waals surface area contributed by atoms with E-state index in [9.17, 15) is 18.0 Å². The topological polar surface area (TPSA) is 91.8 Å². The molecule has 0 radical (unpaired) electrons. The summed E-state index contributed by atoms with van der Waals surface area (Å²) in [5.74, 6) is -2.66. The number of Topliss-reactive ketones (excluding diaryl/α,β-unsaturated/α-hetero) is 1. The van der Waals surface area contributed by atoms with Crippen molar-refractivity contribution in [3.8, 4) is 0 Å². The number of nitrogens with zero attached hydrogens (tertiary/aromatic N) is 1. The normalized spacial score (nSPS) is 14.9. The molecule has 7 heteroatoms. The number of carbonyl (C=O) groups excluding carboxylic acids is 1. The molecule has 0 saturated heterocycles. The molecule has 0 aromatic heterocycles. The molecular weight excluding hydrogens is 306 g/mol. The fraction of sp³-hybridized carbons (Fsp3) is 0.0667. The van der Waals surface area contributed by atoms with Gasteiger partial charge in [0.2, 0.25) is 9.84 Å². The summed E-state index contributed by atoms with van der Waals surface area (Å²) in [6.07, 6.45) is 0. The molecule has 112 valence electrons. The standard InChI is InChI=1S/C15H11NO5S/c1-16-10-4-2-3-5-12(10)22(20,21)13-7-6-9(8-11(13)16)14(17)15(18)19/h2-8H,1H3,(H,18,19). The molecule has 3 rings (SSSR count). The third-order valence-electron chi connectivity index (χ3n) is 3.58. The van der Waals surface area contributed by atoms with E-state index in [4.69, 9.17) is 5.11 Å². The molecule has 1 N–H and O–H groups in total. The lowest BCUT2D eigenvalue weighted by molar-refractivity contribution is -0.131. The number of ketones is 1. The average Bonchev–Trinajstić information content (AvgIpc) is 2.51. The van der Waals surface area contributed by atoms with Crippen LogP contribution in [0.4, 0.5) is 11.4 Å². The van der Waals surface area contributed by atoms with Gasteiger partial charge < -0.3 is 10.0 Å². The zero-order valence-electron chi connectivity index (χ0n) is 11.5. The van der Waals surface area contributed by atoms with Crippen LogP contribution in [0.15, 0.2) is 52.3 Å². The van der Waals surface area contributed by atoms with Crippen LogP contribution in [0.2, 0.25) is 0 Å². The summed E-state index contributed by atoms with van der Waals surface area (Å²) in [5.41, 5.74) is 0.702. The summed E-state index contributed by atoms with van der Waals surface area (Å²) in [7, 11) is -2.03. The zero-order chi connectivity index (χ0) is 16.1. The van der Waals surface area contributed by atoms with E-state index in [1.54, 1.807) is 30.1 Å². The molecule has 0 amide bonds. The summed E-state index contributed by atoms with van der Waals surface area (Å²) in [6.45, 7) is 0. The lowest BCUT2D eigenvalue weighted by Gasteiger charge is -2.29. The molecule has 0 aliphatic carbocycles. The summed E-state index contributed by atoms with van der Waals surface area (Å²) in [5, 5.41) is 8.78. The Morgan fingerprint density at radius 2 is 1.64 bits per heavy atom. The summed E-state index contributed by atoms with van der Waals surface area (Å²) in [6, 6.07) is 10.3. The molecule has 1 heterocycles. The largest absolute Gasteiger partial charge is 0.475 e. The van der Waals surface area contributed by atoms with Crippen LogP contribution >= 0.6 is 0 Å². The second-order valence-corrected chi connectivity index (χ2v) is 6.73. The molecule has 0 atom stereocenters. The maximum atomic E-state index is 12.6. The molecule has 0 spiro atoms. The molecule has 1 aliphatic heterocycles. The van der Waals surface area contributed by atoms with Crippen molar-refractivity contribution in [1.82, 2.24) is 0 Å². The first-order valence-electron chi connectivity index (χ1n) is 6.33. The molecule has 22 heavy (non-hydrogen) atoms. The van der Waals surface area contributed by atoms with Gasteiger partial charge in [-0.15, -0.1) is 0 Å². The average molecular weight is 317 g/mol. The Hall–Kier alpha value is -2.67. The molecule has 2 aromatic rings. The summed E-state index contributed by atoms with van der Waals surface area (Å²) >= 11 is 0. The van der Waals surface area contributed by atoms with Crippen LogP contribution in [0.1, 0.15) is 10.4 Å². The van der Waals surface area contributed by atoms with Crippen LogP contribution < -0.4 is 4.90 Å². The molecule has 2 aromatic carbocycles. The molecule has 0 bridgehead atoms. The Bertz CT molecular complexity index is 917. The first-order valence-corrected chi connectivity index (χ1v) is 7.82. The van der Waals surface area contributed by atoms with E-state index >= 15 is 0 Å². The lowest BCUT2D eigenvalue weighted by Crippen LogP contribution is -2.23. The van der Waals surface area contributed by atoms with Crippen molar-refractivity contribution in [3.05, 3.63) is 48.0 Å². The van der Waals surface area contributed by atoms with Crippen molar-refractivity contribution in [1.29, 1.82) is 0 Å². The molecule has 0 saturated carbocycles. The SMILES string of the molecule is CN1c2ccccc2S(=O)(=O)c2ccc(C(=O)C(=O)O)cc21. The Balaban J connectivity index is 2.27. The molecule has 0 unspecified atom stereocenters. The van der Waals surface area contributed by atoms with Crippen molar-refractivity contribution < 1.29 is 23.1 Å². The minimum Gasteiger partial charge on any atom is -0.475 e. The number of carboxylic acids is 1. The van der Waals surface area contributed by atoms with Crippen LogP contribution in [0.3, 0.4) is 0 Å². The van der Waals surface area contributed by atoms with E-state index in [2.05, 4.69) is 0 Å². The van der Waals surface area contributed by atoms with Gasteiger partial charge in [-0.2, -0.15) is 0 Å². The maximum Gasteiger partial charge on any atom is 0.377 e. The number of para-hydroxylation sites is 1. The van der Waals surface area contributed by atoms with Gasteiger partial charge in [0.15, 0.2) is 0 Å². The highest BCUT2D eigenvalue weighted by Gasteiger charge is 2.33. The number of anilines is 2. The van der Waals surface area contributed by atoms with Gasteiger partial charge in [-0.05, 0) is 30.3 Å². The second kappa shape index (κ2) is 4.67. The van der Waals surface area contributed by atoms with Crippen LogP contribution in [0.5, 0.6) is 0 Å². The molecular formula is C15H11NO5S. The zero-order valence-corrected chi connectivity index (χ0v) is 12.3. The van der Waals surface area contributed by atoms with Gasteiger partial charge in [0.05, 0.1) is 21.2 Å². The number of benzene rings is 2. The van der Waals surface area contributed by atoms with Crippen LogP contribution in [-0.2, 0) is 14.6 Å². The predicted octanol–water partition coefficient (Wildman–Crippen LogP) is 1.87. The Morgan fingerprint density at radius 1 is 1.00 bits per heavy atom. The number of sulfone groups is 1. The number of aliphatic carboxylic acids is 1. The third-order valence-corrected chi connectivity index (χ3v) is 5.43. The van der Waals surface area contributed by atoms with Crippen molar-refractivity contribution in [2.24, 2.45) is 0 Å². The van der Waals surface area contributed by atoms with Gasteiger partial charge in [0.1, 0.15) is 0 Å². The first-order chi connectivity index (χ1) is 10.3. The van der Waals surface area contributed by atoms with Crippen molar-refractivity contribution in [3.63, 3.8) is 0 Å². The van der Waals surface area contributed by atoms with Gasteiger partial charge >= 0.3 is 5.97 Å². The first kappa shape index (κ1) is 14.3. The molecule has 1 aliphatic rings. The lowest BCUT2D eigenvalue weighted by atomic mass is 10.1. The maximum absolute atomic E-state index is 12.6. The number of hydrogen-bond acceptors (Lipinski definition) is 5. The van der Waals surface area contributed by atoms with Gasteiger partial charge in [0.25, 0.3) is 5.78 Å². The number of rotatable bonds is 2. The van der Waals surface area contributed by atoms with Crippen LogP contribution in [0, 0.1) is 0 Å². The summed E-state index contributed by atoms with van der Waals surface area (Å²) < 4.78 is 25.3. The number of carbonyl (C=O) groups is 2. The minimum absolute atomic E-state index is 0.0515. The Morgan fingerprint density at radius 3 is 2.32 bits per heavy atom. The fourth-order valence-electron chi connectivity index (χ4n) is 2.48. The Kier molecular flexibility index (Phi) is 3.03. The highest BCUT2D eigenvalue weighted by molar-refractivity contribution is 7.92. The van der Waals surface area contributed by atoms with E-state index in [1.165, 1.54) is 24.3 Å². The van der Waals surface area contributed by atoms with E-state index in [0.717, 1.165) is 0 Å². The van der Waals surface area contributed by atoms with Crippen molar-refractivity contribution >= 4 is 33.0 Å². The van der Waals surface area contributed by atoms with Gasteiger partial charge in [-0.25, -0.2) is 13.2 Å². The van der Waals surface area contributed by atoms with E-state index in [1.807, 2.05) is 0 Å². The highest BCUT2D eigenvalue weighted by Crippen LogP contribution is 2.43. The molecule has 0 fully saturated rings. The van der Waals surface area contributed by atoms with Crippen molar-refractivity contribution in [2.75, 3.05) is 11.9 Å². The smallest absolute Gasteiger partial charge is 0.377 e. The van der Waals surface area contributed by atoms with E-state index in [-0.39, 0.29) is 21.0 Å². The number of carboxylic acid groups (broad SMARTS) is 1. The number of fused-ring (bicyclic) bond motifs is 2. The van der Waals surface area contributed by atoms with Gasteiger partial charge in [-0.3, -0.25) is 4.79 Å². The van der Waals surface area contributed by atoms with Gasteiger partial charge in [0, 0.05) is 12.6 Å². The monoisotopic (exact) mass is 317 g/mol. The van der Waals surface area contributed by atoms with Crippen LogP contribution in [-0.4, -0.2) is 32.3 Å². The number of hydrogen-bond donors (Lipinski definition) is 1. The summed E-state index contributed by atoms with van der Waals surface area (Å²) in [4.78, 5) is 24.2. The van der Waals surface area contributed by atoms with Crippen molar-refractivity contribution in [2.45, 2.75) is 9.79 Å². The highest BCUT2D eigenvalue weighted by atomic mass is 32.2. The quantitative estimate of drug-likeness (QED) is 0.671. The van der Waals surface area contributed by atoms with E-state index < -0.39 is 21.6 Å². The third kappa shape index (κ3) is 1.90. The molecule has 6 nitrogen and oxygen atoms in total. The fourth-order valence-corrected chi connectivity index (χ4v) is 4.17. The van der Waals surface area contributed by atoms with Gasteiger partial charge in [-0.1, -0.05) is 12.1 Å². The predicted molar refractivity (Wildman–Crippen MR) is 78.4 cm³/mol. The van der Waals surface area contributed by atoms with Crippen LogP contribution in [0.25, 0.3) is 0 Å². The Labute approximate surface area is 126 Å². The van der Waals surface area contributed by atoms with E-state index in [0.29, 0.717) is 5.69 Å². The second-order valence-electron chi connectivity index (χ2n) is 4.85.